The van der Waals surface area contributed by atoms with Gasteiger partial charge >= 0.3 is 6.09 Å². The first-order valence-corrected chi connectivity index (χ1v) is 8.03. The summed E-state index contributed by atoms with van der Waals surface area (Å²) in [5.74, 6) is 0.833. The lowest BCUT2D eigenvalue weighted by molar-refractivity contribution is 0.135. The zero-order valence-electron chi connectivity index (χ0n) is 12.9. The Morgan fingerprint density at radius 2 is 2.00 bits per heavy atom. The zero-order valence-corrected chi connectivity index (χ0v) is 12.9. The predicted octanol–water partition coefficient (Wildman–Crippen LogP) is 4.48. The van der Waals surface area contributed by atoms with Crippen LogP contribution in [0.25, 0.3) is 0 Å². The smallest absolute Gasteiger partial charge is 0.407 e. The van der Waals surface area contributed by atoms with Crippen molar-refractivity contribution >= 4 is 6.09 Å². The molecule has 3 heteroatoms. The van der Waals surface area contributed by atoms with Crippen molar-refractivity contribution in [1.82, 2.24) is 5.32 Å². The van der Waals surface area contributed by atoms with Crippen molar-refractivity contribution in [2.45, 2.75) is 58.1 Å². The summed E-state index contributed by atoms with van der Waals surface area (Å²) in [6, 6.07) is 9.93. The molecular formula is C18H26NO2. The molecule has 0 bridgehead atoms. The van der Waals surface area contributed by atoms with Gasteiger partial charge in [-0.15, -0.1) is 0 Å². The van der Waals surface area contributed by atoms with Crippen LogP contribution in [0.2, 0.25) is 0 Å². The zero-order chi connectivity index (χ0) is 14.9. The lowest BCUT2D eigenvalue weighted by Crippen LogP contribution is -2.33. The molecule has 0 aromatic heterocycles. The van der Waals surface area contributed by atoms with Gasteiger partial charge in [-0.1, -0.05) is 43.2 Å². The van der Waals surface area contributed by atoms with Gasteiger partial charge in [0.05, 0.1) is 0 Å². The summed E-state index contributed by atoms with van der Waals surface area (Å²) >= 11 is 0. The molecule has 1 fully saturated rings. The Morgan fingerprint density at radius 3 is 2.71 bits per heavy atom. The second-order valence-corrected chi connectivity index (χ2v) is 5.99. The molecule has 1 aliphatic rings. The Bertz CT molecular complexity index is 412. The summed E-state index contributed by atoms with van der Waals surface area (Å²) < 4.78 is 5.24. The molecule has 3 nitrogen and oxygen atoms in total. The Kier molecular flexibility index (Phi) is 6.58. The van der Waals surface area contributed by atoms with Crippen molar-refractivity contribution in [3.63, 3.8) is 0 Å². The van der Waals surface area contributed by atoms with Crippen molar-refractivity contribution in [2.24, 2.45) is 5.92 Å². The van der Waals surface area contributed by atoms with Gasteiger partial charge in [0, 0.05) is 6.04 Å². The van der Waals surface area contributed by atoms with Crippen LogP contribution in [0.1, 0.15) is 51.0 Å². The highest BCUT2D eigenvalue weighted by Crippen LogP contribution is 2.27. The number of benzene rings is 1. The molecule has 1 aromatic rings. The molecule has 0 spiro atoms. The Morgan fingerprint density at radius 1 is 1.29 bits per heavy atom. The minimum Gasteiger partial charge on any atom is -0.445 e. The van der Waals surface area contributed by atoms with Gasteiger partial charge in [0.25, 0.3) is 0 Å². The summed E-state index contributed by atoms with van der Waals surface area (Å²) in [7, 11) is 0. The van der Waals surface area contributed by atoms with E-state index in [0.717, 1.165) is 17.9 Å². The Labute approximate surface area is 128 Å². The quantitative estimate of drug-likeness (QED) is 0.838. The normalized spacial score (nSPS) is 17.2. The van der Waals surface area contributed by atoms with E-state index in [2.05, 4.69) is 18.7 Å². The number of nitrogens with one attached hydrogen (secondary N) is 1. The van der Waals surface area contributed by atoms with E-state index in [4.69, 9.17) is 4.74 Å². The van der Waals surface area contributed by atoms with Crippen LogP contribution < -0.4 is 5.32 Å². The van der Waals surface area contributed by atoms with Crippen molar-refractivity contribution in [2.75, 3.05) is 0 Å². The maximum Gasteiger partial charge on any atom is 0.407 e. The van der Waals surface area contributed by atoms with E-state index in [0.29, 0.717) is 6.61 Å². The third kappa shape index (κ3) is 6.19. The lowest BCUT2D eigenvalue weighted by Gasteiger charge is -2.23. The van der Waals surface area contributed by atoms with E-state index in [1.165, 1.54) is 32.1 Å². The van der Waals surface area contributed by atoms with Crippen LogP contribution in [-0.2, 0) is 11.3 Å². The SMILES string of the molecule is CC(CCC1CC[CH]CC1)NC(=O)OCc1ccccc1. The second kappa shape index (κ2) is 8.71. The fraction of sp³-hybridized carbons (Fsp3) is 0.556. The van der Waals surface area contributed by atoms with Crippen LogP contribution in [-0.4, -0.2) is 12.1 Å². The van der Waals surface area contributed by atoms with Crippen molar-refractivity contribution < 1.29 is 9.53 Å². The summed E-state index contributed by atoms with van der Waals surface area (Å²) in [6.45, 7) is 2.39. The van der Waals surface area contributed by atoms with Gasteiger partial charge in [-0.25, -0.2) is 4.79 Å². The molecule has 1 saturated carbocycles. The van der Waals surface area contributed by atoms with Crippen LogP contribution in [0, 0.1) is 12.3 Å². The van der Waals surface area contributed by atoms with Crippen molar-refractivity contribution in [1.29, 1.82) is 0 Å². The third-order valence-corrected chi connectivity index (χ3v) is 4.14. The summed E-state index contributed by atoms with van der Waals surface area (Å²) in [5, 5.41) is 2.92. The molecular weight excluding hydrogens is 262 g/mol. The first kappa shape index (κ1) is 15.9. The first-order valence-electron chi connectivity index (χ1n) is 8.03. The van der Waals surface area contributed by atoms with Crippen molar-refractivity contribution in [3.8, 4) is 0 Å². The third-order valence-electron chi connectivity index (χ3n) is 4.14. The van der Waals surface area contributed by atoms with Crippen LogP contribution in [0.5, 0.6) is 0 Å². The molecule has 0 aliphatic heterocycles. The van der Waals surface area contributed by atoms with Crippen molar-refractivity contribution in [3.05, 3.63) is 42.3 Å². The minimum absolute atomic E-state index is 0.180. The highest BCUT2D eigenvalue weighted by atomic mass is 16.5. The number of hydrogen-bond acceptors (Lipinski definition) is 2. The summed E-state index contributed by atoms with van der Waals surface area (Å²) in [6.07, 6.45) is 9.44. The number of carbonyl (C=O) groups excluding carboxylic acids is 1. The number of hydrogen-bond donors (Lipinski definition) is 1. The molecule has 1 radical (unpaired) electrons. The predicted molar refractivity (Wildman–Crippen MR) is 84.7 cm³/mol. The van der Waals surface area contributed by atoms with Gasteiger partial charge in [-0.3, -0.25) is 0 Å². The molecule has 1 unspecified atom stereocenters. The maximum absolute atomic E-state index is 11.7. The molecule has 1 N–H and O–H groups in total. The standard InChI is InChI=1S/C18H26NO2/c1-15(12-13-16-8-4-2-5-9-16)19-18(20)21-14-17-10-6-3-7-11-17/h2-3,6-7,10-11,15-16H,4-5,8-9,12-14H2,1H3,(H,19,20). The van der Waals surface area contributed by atoms with Gasteiger partial charge in [-0.05, 0) is 50.5 Å². The van der Waals surface area contributed by atoms with Gasteiger partial charge in [0.1, 0.15) is 6.61 Å². The average Bonchev–Trinajstić information content (AvgIpc) is 2.53. The first-order chi connectivity index (χ1) is 10.2. The average molecular weight is 288 g/mol. The lowest BCUT2D eigenvalue weighted by atomic mass is 9.85. The highest BCUT2D eigenvalue weighted by molar-refractivity contribution is 5.67. The molecule has 0 saturated heterocycles. The number of amides is 1. The Hall–Kier alpha value is -1.51. The van der Waals surface area contributed by atoms with E-state index in [1.54, 1.807) is 0 Å². The van der Waals surface area contributed by atoms with Crippen LogP contribution >= 0.6 is 0 Å². The maximum atomic E-state index is 11.7. The topological polar surface area (TPSA) is 38.3 Å². The molecule has 0 heterocycles. The number of carbonyl (C=O) groups is 1. The van der Waals surface area contributed by atoms with Gasteiger partial charge in [0.15, 0.2) is 0 Å². The number of ether oxygens (including phenoxy) is 1. The largest absolute Gasteiger partial charge is 0.445 e. The van der Waals surface area contributed by atoms with Gasteiger partial charge in [0.2, 0.25) is 0 Å². The highest BCUT2D eigenvalue weighted by Gasteiger charge is 2.15. The molecule has 1 atom stereocenters. The fourth-order valence-corrected chi connectivity index (χ4v) is 2.81. The summed E-state index contributed by atoms with van der Waals surface area (Å²) in [5.41, 5.74) is 1.01. The molecule has 115 valence electrons. The molecule has 21 heavy (non-hydrogen) atoms. The second-order valence-electron chi connectivity index (χ2n) is 5.99. The number of rotatable bonds is 6. The van der Waals surface area contributed by atoms with E-state index < -0.39 is 0 Å². The monoisotopic (exact) mass is 288 g/mol. The fourth-order valence-electron chi connectivity index (χ4n) is 2.81. The molecule has 2 rings (SSSR count). The molecule has 1 aromatic carbocycles. The van der Waals surface area contributed by atoms with Gasteiger partial charge < -0.3 is 10.1 Å². The van der Waals surface area contributed by atoms with E-state index >= 15 is 0 Å². The Balaban J connectivity index is 1.60. The molecule has 1 aliphatic carbocycles. The van der Waals surface area contributed by atoms with Crippen LogP contribution in [0.4, 0.5) is 4.79 Å². The van der Waals surface area contributed by atoms with E-state index in [9.17, 15) is 4.79 Å². The number of alkyl carbamates (subject to hydrolysis) is 1. The minimum atomic E-state index is -0.316. The summed E-state index contributed by atoms with van der Waals surface area (Å²) in [4.78, 5) is 11.7. The van der Waals surface area contributed by atoms with E-state index in [1.807, 2.05) is 30.3 Å². The van der Waals surface area contributed by atoms with Crippen LogP contribution in [0.3, 0.4) is 0 Å². The van der Waals surface area contributed by atoms with E-state index in [-0.39, 0.29) is 12.1 Å². The molecule has 1 amide bonds. The van der Waals surface area contributed by atoms with Gasteiger partial charge in [-0.2, -0.15) is 0 Å². The van der Waals surface area contributed by atoms with Crippen LogP contribution in [0.15, 0.2) is 30.3 Å².